The lowest BCUT2D eigenvalue weighted by atomic mass is 9.91. The Morgan fingerprint density at radius 1 is 1.16 bits per heavy atom. The van der Waals surface area contributed by atoms with E-state index in [4.69, 9.17) is 9.47 Å². The van der Waals surface area contributed by atoms with Crippen molar-refractivity contribution in [1.82, 2.24) is 0 Å². The largest absolute Gasteiger partial charge is 0.393 e. The minimum Gasteiger partial charge on any atom is -0.393 e. The van der Waals surface area contributed by atoms with Gasteiger partial charge in [-0.05, 0) is 18.2 Å². The van der Waals surface area contributed by atoms with Crippen molar-refractivity contribution in [2.45, 2.75) is 28.5 Å². The topological polar surface area (TPSA) is 93.1 Å². The molecule has 10 heteroatoms. The molecule has 0 saturated carbocycles. The Morgan fingerprint density at radius 2 is 1.77 bits per heavy atom. The molecule has 0 unspecified atom stereocenters. The molecule has 1 heterocycles. The van der Waals surface area contributed by atoms with Gasteiger partial charge in [-0.15, -0.1) is 11.8 Å². The van der Waals surface area contributed by atoms with Crippen LogP contribution in [0.15, 0.2) is 47.4 Å². The van der Waals surface area contributed by atoms with Gasteiger partial charge in [0.05, 0.1) is 30.5 Å². The van der Waals surface area contributed by atoms with E-state index in [0.29, 0.717) is 24.8 Å². The van der Waals surface area contributed by atoms with Crippen molar-refractivity contribution in [3.63, 3.8) is 0 Å². The number of hydrogen-bond donors (Lipinski definition) is 2. The maximum atomic E-state index is 14.3. The number of sulfone groups is 1. The summed E-state index contributed by atoms with van der Waals surface area (Å²) in [5.74, 6) is -2.75. The number of aliphatic hydroxyl groups is 2. The predicted octanol–water partition coefficient (Wildman–Crippen LogP) is 2.57. The van der Waals surface area contributed by atoms with Gasteiger partial charge >= 0.3 is 0 Å². The molecule has 0 bridgehead atoms. The third-order valence-electron chi connectivity index (χ3n) is 5.31. The highest BCUT2D eigenvalue weighted by atomic mass is 32.2. The fourth-order valence-electron chi connectivity index (χ4n) is 3.39. The van der Waals surface area contributed by atoms with E-state index in [2.05, 4.69) is 0 Å². The van der Waals surface area contributed by atoms with Crippen LogP contribution in [-0.2, 0) is 30.7 Å². The number of halogens is 2. The fraction of sp³-hybridized carbons (Fsp3) is 0.429. The molecule has 3 rings (SSSR count). The van der Waals surface area contributed by atoms with Crippen LogP contribution in [0.5, 0.6) is 0 Å². The Labute approximate surface area is 184 Å². The van der Waals surface area contributed by atoms with Gasteiger partial charge in [0.25, 0.3) is 0 Å². The highest BCUT2D eigenvalue weighted by Gasteiger charge is 2.43. The quantitative estimate of drug-likeness (QED) is 0.608. The molecule has 2 atom stereocenters. The van der Waals surface area contributed by atoms with Crippen LogP contribution in [0.1, 0.15) is 18.1 Å². The summed E-state index contributed by atoms with van der Waals surface area (Å²) in [7, 11) is -3.36. The van der Waals surface area contributed by atoms with E-state index in [-0.39, 0.29) is 16.2 Å². The van der Waals surface area contributed by atoms with Crippen molar-refractivity contribution in [2.75, 3.05) is 31.8 Å². The molecule has 0 radical (unpaired) electrons. The second kappa shape index (κ2) is 9.13. The van der Waals surface area contributed by atoms with Gasteiger partial charge in [0.15, 0.2) is 9.84 Å². The molecule has 2 aromatic carbocycles. The molecular weight excluding hydrogens is 450 g/mol. The lowest BCUT2D eigenvalue weighted by Gasteiger charge is -2.35. The maximum Gasteiger partial charge on any atom is 0.204 e. The van der Waals surface area contributed by atoms with Gasteiger partial charge in [0.2, 0.25) is 5.79 Å². The first kappa shape index (κ1) is 24.1. The summed E-state index contributed by atoms with van der Waals surface area (Å²) in [4.78, 5) is 0.159. The van der Waals surface area contributed by atoms with Gasteiger partial charge in [-0.25, -0.2) is 17.2 Å². The van der Waals surface area contributed by atoms with E-state index in [1.165, 1.54) is 23.9 Å². The number of benzene rings is 2. The van der Waals surface area contributed by atoms with Gasteiger partial charge in [-0.3, -0.25) is 0 Å². The Morgan fingerprint density at radius 3 is 2.29 bits per heavy atom. The van der Waals surface area contributed by atoms with Crippen LogP contribution in [0.2, 0.25) is 0 Å². The minimum atomic E-state index is -3.36. The van der Waals surface area contributed by atoms with E-state index >= 15 is 0 Å². The first-order chi connectivity index (χ1) is 14.5. The van der Waals surface area contributed by atoms with Crippen molar-refractivity contribution in [3.8, 4) is 0 Å². The van der Waals surface area contributed by atoms with E-state index in [9.17, 15) is 27.4 Å². The minimum absolute atomic E-state index is 0.159. The van der Waals surface area contributed by atoms with Crippen LogP contribution in [0, 0.1) is 11.6 Å². The SMILES string of the molecule is C[C@@H](SCC1(c2ccc(S(C)(=O)=O)cc2)OCCO1)[C@](O)(CO)c1ccc(F)cc1F. The molecule has 0 aromatic heterocycles. The van der Waals surface area contributed by atoms with Gasteiger partial charge in [0.1, 0.15) is 17.2 Å². The lowest BCUT2D eigenvalue weighted by Crippen LogP contribution is -2.42. The van der Waals surface area contributed by atoms with Crippen molar-refractivity contribution in [3.05, 3.63) is 65.2 Å². The molecule has 2 aromatic rings. The second-order valence-corrected chi connectivity index (χ2v) is 10.8. The van der Waals surface area contributed by atoms with Crippen LogP contribution in [0.25, 0.3) is 0 Å². The maximum absolute atomic E-state index is 14.3. The molecule has 6 nitrogen and oxygen atoms in total. The van der Waals surface area contributed by atoms with Crippen molar-refractivity contribution in [2.24, 2.45) is 0 Å². The van der Waals surface area contributed by atoms with Crippen LogP contribution in [0.4, 0.5) is 8.78 Å². The molecule has 170 valence electrons. The van der Waals surface area contributed by atoms with Gasteiger partial charge in [-0.2, -0.15) is 0 Å². The molecule has 1 aliphatic heterocycles. The number of rotatable bonds is 8. The number of hydrogen-bond acceptors (Lipinski definition) is 7. The molecule has 0 spiro atoms. The molecule has 0 aliphatic carbocycles. The normalized spacial score (nSPS) is 19.2. The van der Waals surface area contributed by atoms with E-state index in [0.717, 1.165) is 18.4 Å². The smallest absolute Gasteiger partial charge is 0.204 e. The molecule has 1 fully saturated rings. The monoisotopic (exact) mass is 474 g/mol. The average molecular weight is 475 g/mol. The summed E-state index contributed by atoms with van der Waals surface area (Å²) in [6, 6.07) is 8.91. The van der Waals surface area contributed by atoms with Crippen LogP contribution in [0.3, 0.4) is 0 Å². The average Bonchev–Trinajstić information content (AvgIpc) is 3.21. The first-order valence-electron chi connectivity index (χ1n) is 9.51. The predicted molar refractivity (Wildman–Crippen MR) is 112 cm³/mol. The summed E-state index contributed by atoms with van der Waals surface area (Å²) in [6.07, 6.45) is 1.11. The molecule has 1 aliphatic rings. The lowest BCUT2D eigenvalue weighted by molar-refractivity contribution is -0.145. The summed E-state index contributed by atoms with van der Waals surface area (Å²) >= 11 is 1.18. The molecule has 1 saturated heterocycles. The van der Waals surface area contributed by atoms with Gasteiger partial charge < -0.3 is 19.7 Å². The summed E-state index contributed by atoms with van der Waals surface area (Å²) < 4.78 is 62.7. The van der Waals surface area contributed by atoms with Crippen LogP contribution in [-0.4, -0.2) is 55.7 Å². The number of aliphatic hydroxyl groups excluding tert-OH is 1. The number of thioether (sulfide) groups is 1. The van der Waals surface area contributed by atoms with Crippen molar-refractivity contribution in [1.29, 1.82) is 0 Å². The second-order valence-electron chi connectivity index (χ2n) is 7.41. The Kier molecular flexibility index (Phi) is 7.09. The summed E-state index contributed by atoms with van der Waals surface area (Å²) in [6.45, 7) is 1.47. The third-order valence-corrected chi connectivity index (χ3v) is 7.88. The van der Waals surface area contributed by atoms with Gasteiger partial charge in [0, 0.05) is 28.7 Å². The Hall–Kier alpha value is -1.56. The van der Waals surface area contributed by atoms with Crippen molar-refractivity contribution >= 4 is 21.6 Å². The number of ether oxygens (including phenoxy) is 2. The highest BCUT2D eigenvalue weighted by molar-refractivity contribution is 8.00. The van der Waals surface area contributed by atoms with Crippen LogP contribution < -0.4 is 0 Å². The first-order valence-corrected chi connectivity index (χ1v) is 12.4. The zero-order chi connectivity index (χ0) is 22.9. The zero-order valence-electron chi connectivity index (χ0n) is 17.0. The molecule has 31 heavy (non-hydrogen) atoms. The highest BCUT2D eigenvalue weighted by Crippen LogP contribution is 2.41. The van der Waals surface area contributed by atoms with E-state index in [1.54, 1.807) is 19.1 Å². The molecule has 2 N–H and O–H groups in total. The fourth-order valence-corrected chi connectivity index (χ4v) is 5.30. The Balaban J connectivity index is 1.83. The standard InChI is InChI=1S/C21H24F2O6S2/c1-14(20(25,12-24)18-8-5-16(22)11-19(18)23)30-13-21(28-9-10-29-21)15-3-6-17(7-4-15)31(2,26)27/h3-8,11,14,24-25H,9-10,12-13H2,1-2H3/t14-,20-/m1/s1. The zero-order valence-corrected chi connectivity index (χ0v) is 18.7. The molecular formula is C21H24F2O6S2. The molecule has 0 amide bonds. The van der Waals surface area contributed by atoms with E-state index in [1.807, 2.05) is 0 Å². The van der Waals surface area contributed by atoms with Crippen molar-refractivity contribution < 1.29 is 36.9 Å². The van der Waals surface area contributed by atoms with Crippen LogP contribution >= 0.6 is 11.8 Å². The Bertz CT molecular complexity index is 1020. The summed E-state index contributed by atoms with van der Waals surface area (Å²) in [5.41, 5.74) is -1.59. The third kappa shape index (κ3) is 4.94. The van der Waals surface area contributed by atoms with Gasteiger partial charge in [-0.1, -0.05) is 25.1 Å². The summed E-state index contributed by atoms with van der Waals surface area (Å²) in [5, 5.41) is 20.1. The van der Waals surface area contributed by atoms with E-state index < -0.39 is 44.7 Å².